The lowest BCUT2D eigenvalue weighted by atomic mass is 9.83. The number of imide groups is 1. The van der Waals surface area contributed by atoms with Gasteiger partial charge in [0.1, 0.15) is 17.5 Å². The summed E-state index contributed by atoms with van der Waals surface area (Å²) < 4.78 is 22.5. The number of thiazole rings is 1. The summed E-state index contributed by atoms with van der Waals surface area (Å²) in [5.74, 6) is -1.18. The third-order valence-corrected chi connectivity index (χ3v) is 9.34. The zero-order chi connectivity index (χ0) is 27.8. The van der Waals surface area contributed by atoms with E-state index in [1.807, 2.05) is 0 Å². The lowest BCUT2D eigenvalue weighted by Gasteiger charge is -2.31. The van der Waals surface area contributed by atoms with Gasteiger partial charge in [-0.1, -0.05) is 29.2 Å². The number of ether oxygens (including phenoxy) is 4. The Morgan fingerprint density at radius 1 is 0.923 bits per heavy atom. The third kappa shape index (κ3) is 4.57. The van der Waals surface area contributed by atoms with Gasteiger partial charge >= 0.3 is 10.8 Å². The highest BCUT2D eigenvalue weighted by Crippen LogP contribution is 2.54. The molecule has 2 aliphatic heterocycles. The number of hydrogen-bond donors (Lipinski definition) is 0. The molecule has 3 unspecified atom stereocenters. The molecule has 0 saturated carbocycles. The molecule has 0 aliphatic carbocycles. The molecule has 0 spiro atoms. The summed E-state index contributed by atoms with van der Waals surface area (Å²) in [5.41, 5.74) is 1.12. The predicted octanol–water partition coefficient (Wildman–Crippen LogP) is 3.29. The molecule has 10 nitrogen and oxygen atoms in total. The number of esters is 1. The summed E-state index contributed by atoms with van der Waals surface area (Å²) in [6.45, 7) is 1.58. The van der Waals surface area contributed by atoms with Gasteiger partial charge in [0.25, 0.3) is 0 Å². The minimum Gasteiger partial charge on any atom is -0.497 e. The topological polar surface area (TPSA) is 113 Å². The maximum absolute atomic E-state index is 14.0. The molecule has 204 valence electrons. The van der Waals surface area contributed by atoms with Crippen molar-refractivity contribution >= 4 is 46.6 Å². The molecule has 2 aliphatic rings. The zero-order valence-electron chi connectivity index (χ0n) is 21.7. The molecule has 1 aromatic heterocycles. The van der Waals surface area contributed by atoms with Crippen molar-refractivity contribution in [1.29, 1.82) is 0 Å². The van der Waals surface area contributed by atoms with E-state index < -0.39 is 29.0 Å². The lowest BCUT2D eigenvalue weighted by molar-refractivity contribution is -0.144. The van der Waals surface area contributed by atoms with Gasteiger partial charge in [-0.05, 0) is 48.9 Å². The summed E-state index contributed by atoms with van der Waals surface area (Å²) >= 11 is 2.11. The standard InChI is InChI=1S/C27H26N2O8S2/c1-5-37-19(30)13-28-26-23(39-27(28)33)20(14-6-11-17(35-3)18(12-14)36-4)21-22(38-26)25(32)29(24(21)31)15-7-9-16(34-2)10-8-15/h6-12,20-22H,5,13H2,1-4H3. The molecular weight excluding hydrogens is 544 g/mol. The van der Waals surface area contributed by atoms with Gasteiger partial charge < -0.3 is 18.9 Å². The second-order valence-corrected chi connectivity index (χ2v) is 10.9. The Labute approximate surface area is 232 Å². The number of nitrogens with zero attached hydrogens (tertiary/aromatic N) is 2. The van der Waals surface area contributed by atoms with Crippen molar-refractivity contribution in [2.24, 2.45) is 5.92 Å². The number of amides is 2. The van der Waals surface area contributed by atoms with Crippen LogP contribution in [-0.2, 0) is 25.7 Å². The second kappa shape index (κ2) is 10.8. The zero-order valence-corrected chi connectivity index (χ0v) is 23.3. The molecule has 3 aromatic rings. The van der Waals surface area contributed by atoms with Crippen LogP contribution in [0.4, 0.5) is 5.69 Å². The molecule has 12 heteroatoms. The van der Waals surface area contributed by atoms with Gasteiger partial charge in [0.05, 0.1) is 44.6 Å². The maximum Gasteiger partial charge on any atom is 0.326 e. The van der Waals surface area contributed by atoms with Crippen LogP contribution >= 0.6 is 23.1 Å². The van der Waals surface area contributed by atoms with Gasteiger partial charge in [0.2, 0.25) is 11.8 Å². The summed E-state index contributed by atoms with van der Waals surface area (Å²) in [4.78, 5) is 54.6. The quantitative estimate of drug-likeness (QED) is 0.297. The molecule has 2 amide bonds. The van der Waals surface area contributed by atoms with Crippen LogP contribution in [0.2, 0.25) is 0 Å². The first-order valence-electron chi connectivity index (χ1n) is 12.1. The van der Waals surface area contributed by atoms with Crippen molar-refractivity contribution in [3.05, 3.63) is 62.6 Å². The fourth-order valence-electron chi connectivity index (χ4n) is 4.98. The van der Waals surface area contributed by atoms with Crippen LogP contribution in [0.1, 0.15) is 23.3 Å². The van der Waals surface area contributed by atoms with Gasteiger partial charge in [-0.15, -0.1) is 0 Å². The van der Waals surface area contributed by atoms with Crippen molar-refractivity contribution in [1.82, 2.24) is 4.57 Å². The second-order valence-electron chi connectivity index (χ2n) is 8.79. The molecule has 1 saturated heterocycles. The third-order valence-electron chi connectivity index (χ3n) is 6.74. The Morgan fingerprint density at radius 2 is 1.64 bits per heavy atom. The number of aromatic nitrogens is 1. The van der Waals surface area contributed by atoms with E-state index in [-0.39, 0.29) is 23.9 Å². The highest BCUT2D eigenvalue weighted by molar-refractivity contribution is 8.00. The van der Waals surface area contributed by atoms with Crippen molar-refractivity contribution in [3.63, 3.8) is 0 Å². The van der Waals surface area contributed by atoms with Crippen LogP contribution in [0.3, 0.4) is 0 Å². The van der Waals surface area contributed by atoms with E-state index in [4.69, 9.17) is 18.9 Å². The molecule has 0 N–H and O–H groups in total. The monoisotopic (exact) mass is 570 g/mol. The largest absolute Gasteiger partial charge is 0.497 e. The molecule has 0 bridgehead atoms. The van der Waals surface area contributed by atoms with E-state index in [2.05, 4.69) is 0 Å². The van der Waals surface area contributed by atoms with Crippen LogP contribution in [0.25, 0.3) is 0 Å². The number of hydrogen-bond acceptors (Lipinski definition) is 10. The smallest absolute Gasteiger partial charge is 0.326 e. The highest BCUT2D eigenvalue weighted by Gasteiger charge is 2.57. The van der Waals surface area contributed by atoms with E-state index in [0.29, 0.717) is 38.4 Å². The Bertz CT molecular complexity index is 1500. The van der Waals surface area contributed by atoms with Gasteiger partial charge in [-0.3, -0.25) is 23.7 Å². The first kappa shape index (κ1) is 26.8. The van der Waals surface area contributed by atoms with E-state index >= 15 is 0 Å². The fraction of sp³-hybridized carbons (Fsp3) is 0.333. The average Bonchev–Trinajstić information content (AvgIpc) is 3.39. The van der Waals surface area contributed by atoms with Gasteiger partial charge in [0.15, 0.2) is 11.5 Å². The maximum atomic E-state index is 14.0. The van der Waals surface area contributed by atoms with Gasteiger partial charge in [0, 0.05) is 10.8 Å². The number of anilines is 1. The fourth-order valence-corrected chi connectivity index (χ4v) is 7.76. The molecule has 5 rings (SSSR count). The van der Waals surface area contributed by atoms with Gasteiger partial charge in [-0.2, -0.15) is 0 Å². The summed E-state index contributed by atoms with van der Waals surface area (Å²) in [6, 6.07) is 12.0. The Hall–Kier alpha value is -3.77. The van der Waals surface area contributed by atoms with Crippen LogP contribution in [0.5, 0.6) is 17.2 Å². The van der Waals surface area contributed by atoms with Crippen molar-refractivity contribution in [2.75, 3.05) is 32.8 Å². The summed E-state index contributed by atoms with van der Waals surface area (Å²) in [5, 5.41) is -0.329. The first-order chi connectivity index (χ1) is 18.8. The number of methoxy groups -OCH3 is 3. The van der Waals surface area contributed by atoms with E-state index in [9.17, 15) is 19.2 Å². The normalized spacial score (nSPS) is 19.9. The van der Waals surface area contributed by atoms with Gasteiger partial charge in [-0.25, -0.2) is 4.90 Å². The summed E-state index contributed by atoms with van der Waals surface area (Å²) in [6.07, 6.45) is 0. The van der Waals surface area contributed by atoms with Crippen LogP contribution in [0, 0.1) is 5.92 Å². The first-order valence-corrected chi connectivity index (χ1v) is 13.8. The van der Waals surface area contributed by atoms with Crippen LogP contribution in [-0.4, -0.2) is 55.5 Å². The number of thioether (sulfide) groups is 1. The minimum absolute atomic E-state index is 0.176. The Balaban J connectivity index is 1.65. The minimum atomic E-state index is -0.812. The van der Waals surface area contributed by atoms with E-state index in [0.717, 1.165) is 23.1 Å². The number of carbonyl (C=O) groups excluding carboxylic acids is 3. The van der Waals surface area contributed by atoms with E-state index in [1.54, 1.807) is 49.4 Å². The Morgan fingerprint density at radius 3 is 2.28 bits per heavy atom. The SMILES string of the molecule is CCOC(=O)Cn1c2c(sc1=O)C(c1ccc(OC)c(OC)c1)C1C(=O)N(c3ccc(OC)cc3)C(=O)C1S2. The average molecular weight is 571 g/mol. The number of fused-ring (bicyclic) bond motifs is 2. The molecule has 3 heterocycles. The molecule has 3 atom stereocenters. The predicted molar refractivity (Wildman–Crippen MR) is 145 cm³/mol. The van der Waals surface area contributed by atoms with Crippen LogP contribution in [0.15, 0.2) is 52.3 Å². The lowest BCUT2D eigenvalue weighted by Crippen LogP contribution is -2.32. The molecule has 39 heavy (non-hydrogen) atoms. The number of benzene rings is 2. The van der Waals surface area contributed by atoms with Crippen molar-refractivity contribution < 1.29 is 33.3 Å². The number of rotatable bonds is 8. The Kier molecular flexibility index (Phi) is 7.41. The van der Waals surface area contributed by atoms with Crippen molar-refractivity contribution in [2.45, 2.75) is 29.7 Å². The highest BCUT2D eigenvalue weighted by atomic mass is 32.2. The summed E-state index contributed by atoms with van der Waals surface area (Å²) in [7, 11) is 4.57. The van der Waals surface area contributed by atoms with Crippen LogP contribution < -0.4 is 24.0 Å². The molecule has 0 radical (unpaired) electrons. The van der Waals surface area contributed by atoms with Crippen molar-refractivity contribution in [3.8, 4) is 17.2 Å². The molecular formula is C27H26N2O8S2. The molecule has 1 fully saturated rings. The number of carbonyl (C=O) groups is 3. The van der Waals surface area contributed by atoms with E-state index in [1.165, 1.54) is 30.8 Å². The molecule has 2 aromatic carbocycles.